The van der Waals surface area contributed by atoms with Crippen molar-refractivity contribution in [2.24, 2.45) is 5.73 Å². The smallest absolute Gasteiger partial charge is 0.357 e. The summed E-state index contributed by atoms with van der Waals surface area (Å²) in [5, 5.41) is 10.1. The predicted molar refractivity (Wildman–Crippen MR) is 134 cm³/mol. The molecule has 2 amide bonds. The first-order chi connectivity index (χ1) is 15.7. The van der Waals surface area contributed by atoms with Crippen molar-refractivity contribution in [1.82, 2.24) is 14.5 Å². The van der Waals surface area contributed by atoms with Gasteiger partial charge in [-0.25, -0.2) is 14.6 Å². The molecule has 0 spiro atoms. The average Bonchev–Trinajstić information content (AvgIpc) is 3.12. The summed E-state index contributed by atoms with van der Waals surface area (Å²) in [5.41, 5.74) is 5.99. The molecule has 2 heterocycles. The van der Waals surface area contributed by atoms with Crippen LogP contribution in [-0.4, -0.2) is 44.6 Å². The van der Waals surface area contributed by atoms with E-state index in [1.165, 1.54) is 11.0 Å². The summed E-state index contributed by atoms with van der Waals surface area (Å²) in [6, 6.07) is 11.8. The second kappa shape index (κ2) is 11.2. The number of benzene rings is 2. The molecule has 33 heavy (non-hydrogen) atoms. The summed E-state index contributed by atoms with van der Waals surface area (Å²) in [4.78, 5) is 27.8. The van der Waals surface area contributed by atoms with Gasteiger partial charge in [-0.1, -0.05) is 50.7 Å². The molecule has 4 rings (SSSR count). The Morgan fingerprint density at radius 1 is 1.00 bits per heavy atom. The van der Waals surface area contributed by atoms with Crippen LogP contribution in [0.3, 0.4) is 0 Å². The Balaban J connectivity index is 0.000000286. The number of carbonyl (C=O) groups excluding carboxylic acids is 1. The summed E-state index contributed by atoms with van der Waals surface area (Å²) >= 11 is 21.8. The number of rotatable bonds is 3. The van der Waals surface area contributed by atoms with Gasteiger partial charge in [0.2, 0.25) is 0 Å². The molecular weight excluding hydrogens is 555 g/mol. The molecular formula is C22H20BrCl3N4O3. The fourth-order valence-corrected chi connectivity index (χ4v) is 4.39. The number of hydrogen-bond acceptors (Lipinski definition) is 3. The molecule has 3 N–H and O–H groups in total. The molecule has 1 aliphatic heterocycles. The maximum absolute atomic E-state index is 11.4. The molecule has 0 saturated carbocycles. The van der Waals surface area contributed by atoms with E-state index in [0.717, 1.165) is 30.4 Å². The highest BCUT2D eigenvalue weighted by Crippen LogP contribution is 2.35. The third-order valence-corrected chi connectivity index (χ3v) is 6.37. The number of carboxylic acids is 1. The lowest BCUT2D eigenvalue weighted by Gasteiger charge is -2.24. The van der Waals surface area contributed by atoms with Crippen molar-refractivity contribution < 1.29 is 14.7 Å². The van der Waals surface area contributed by atoms with Crippen molar-refractivity contribution in [1.29, 1.82) is 0 Å². The minimum Gasteiger partial charge on any atom is -0.476 e. The van der Waals surface area contributed by atoms with Gasteiger partial charge in [0.25, 0.3) is 0 Å². The molecule has 1 aromatic heterocycles. The minimum absolute atomic E-state index is 0.00848. The number of amides is 2. The third kappa shape index (κ3) is 6.20. The van der Waals surface area contributed by atoms with Gasteiger partial charge >= 0.3 is 12.0 Å². The third-order valence-electron chi connectivity index (χ3n) is 4.95. The summed E-state index contributed by atoms with van der Waals surface area (Å²) in [6.07, 6.45) is 3.47. The fourth-order valence-electron chi connectivity index (χ4n) is 3.33. The number of carboxylic acid groups (broad SMARTS) is 1. The zero-order valence-corrected chi connectivity index (χ0v) is 21.1. The number of aromatic nitrogens is 2. The van der Waals surface area contributed by atoms with E-state index in [4.69, 9.17) is 40.5 Å². The van der Waals surface area contributed by atoms with Gasteiger partial charge in [0.1, 0.15) is 11.0 Å². The Morgan fingerprint density at radius 2 is 1.64 bits per heavy atom. The van der Waals surface area contributed by atoms with E-state index in [9.17, 15) is 14.7 Å². The zero-order valence-electron chi connectivity index (χ0n) is 17.3. The lowest BCUT2D eigenvalue weighted by molar-refractivity contribution is 0.0691. The van der Waals surface area contributed by atoms with Gasteiger partial charge in [0.05, 0.1) is 5.02 Å². The first kappa shape index (κ1) is 25.4. The van der Waals surface area contributed by atoms with E-state index in [-0.39, 0.29) is 16.9 Å². The van der Waals surface area contributed by atoms with E-state index >= 15 is 0 Å². The molecule has 3 aromatic rings. The van der Waals surface area contributed by atoms with Crippen LogP contribution in [0.25, 0.3) is 17.1 Å². The second-order valence-corrected chi connectivity index (χ2v) is 9.32. The Bertz CT molecular complexity index is 1160. The lowest BCUT2D eigenvalue weighted by atomic mass is 10.1. The highest BCUT2D eigenvalue weighted by atomic mass is 79.9. The van der Waals surface area contributed by atoms with Crippen LogP contribution < -0.4 is 5.73 Å². The largest absolute Gasteiger partial charge is 0.476 e. The van der Waals surface area contributed by atoms with Crippen LogP contribution in [0.2, 0.25) is 15.2 Å². The van der Waals surface area contributed by atoms with E-state index in [1.54, 1.807) is 35.2 Å². The SMILES string of the molecule is NC(=O)N1CCCCC1.O=C(O)c1nc(-c2ccc(Cl)cc2Cl)n(-c2ccc(Br)cc2)c1Cl. The van der Waals surface area contributed by atoms with Gasteiger partial charge in [0.15, 0.2) is 5.69 Å². The number of nitrogens with zero attached hydrogens (tertiary/aromatic N) is 3. The standard InChI is InChI=1S/C16H8BrCl3N2O2.C6H12N2O/c17-8-1-4-10(5-2-8)22-14(20)13(16(23)24)21-15(22)11-6-3-9(18)7-12(11)19;7-6(9)8-4-2-1-3-5-8/h1-7H,(H,23,24);1-5H2,(H2,7,9). The highest BCUT2D eigenvalue weighted by molar-refractivity contribution is 9.10. The van der Waals surface area contributed by atoms with Gasteiger partial charge < -0.3 is 15.7 Å². The van der Waals surface area contributed by atoms with Gasteiger partial charge in [-0.3, -0.25) is 4.57 Å². The number of hydrogen-bond donors (Lipinski definition) is 2. The Kier molecular flexibility index (Phi) is 8.64. The van der Waals surface area contributed by atoms with Gasteiger partial charge in [-0.15, -0.1) is 0 Å². The van der Waals surface area contributed by atoms with E-state index in [1.807, 2.05) is 12.1 Å². The number of imidazole rings is 1. The van der Waals surface area contributed by atoms with Crippen LogP contribution in [0.4, 0.5) is 4.79 Å². The number of piperidine rings is 1. The first-order valence-corrected chi connectivity index (χ1v) is 11.9. The van der Waals surface area contributed by atoms with E-state index < -0.39 is 5.97 Å². The van der Waals surface area contributed by atoms with Crippen LogP contribution >= 0.6 is 50.7 Å². The quantitative estimate of drug-likeness (QED) is 0.372. The molecule has 7 nitrogen and oxygen atoms in total. The van der Waals surface area contributed by atoms with Crippen molar-refractivity contribution in [3.05, 3.63) is 67.8 Å². The summed E-state index contributed by atoms with van der Waals surface area (Å²) in [6.45, 7) is 1.71. The molecule has 174 valence electrons. The summed E-state index contributed by atoms with van der Waals surface area (Å²) in [7, 11) is 0. The van der Waals surface area contributed by atoms with Crippen molar-refractivity contribution in [2.75, 3.05) is 13.1 Å². The van der Waals surface area contributed by atoms with Crippen LogP contribution in [0.15, 0.2) is 46.9 Å². The summed E-state index contributed by atoms with van der Waals surface area (Å²) < 4.78 is 2.42. The van der Waals surface area contributed by atoms with Crippen molar-refractivity contribution in [3.8, 4) is 17.1 Å². The number of halogens is 4. The van der Waals surface area contributed by atoms with Crippen LogP contribution in [-0.2, 0) is 0 Å². The molecule has 1 saturated heterocycles. The number of carbonyl (C=O) groups is 2. The first-order valence-electron chi connectivity index (χ1n) is 9.96. The van der Waals surface area contributed by atoms with Gasteiger partial charge in [-0.05, 0) is 61.7 Å². The van der Waals surface area contributed by atoms with Crippen molar-refractivity contribution >= 4 is 62.7 Å². The van der Waals surface area contributed by atoms with Gasteiger partial charge in [-0.2, -0.15) is 0 Å². The molecule has 0 radical (unpaired) electrons. The molecule has 1 aliphatic rings. The maximum Gasteiger partial charge on any atom is 0.357 e. The van der Waals surface area contributed by atoms with Gasteiger partial charge in [0, 0.05) is 33.8 Å². The number of likely N-dealkylation sites (tertiary alicyclic amines) is 1. The maximum atomic E-state index is 11.4. The Labute approximate surface area is 214 Å². The van der Waals surface area contributed by atoms with Crippen LogP contribution in [0.1, 0.15) is 29.8 Å². The fraction of sp³-hybridized carbons (Fsp3) is 0.227. The molecule has 11 heteroatoms. The Hall–Kier alpha value is -2.26. The van der Waals surface area contributed by atoms with Crippen LogP contribution in [0, 0.1) is 0 Å². The van der Waals surface area contributed by atoms with Crippen LogP contribution in [0.5, 0.6) is 0 Å². The molecule has 0 atom stereocenters. The number of primary amides is 1. The number of aromatic carboxylic acids is 1. The van der Waals surface area contributed by atoms with E-state index in [0.29, 0.717) is 27.1 Å². The average molecular weight is 575 g/mol. The highest BCUT2D eigenvalue weighted by Gasteiger charge is 2.24. The second-order valence-electron chi connectivity index (χ2n) is 7.20. The molecule has 1 fully saturated rings. The molecule has 0 unspecified atom stereocenters. The zero-order chi connectivity index (χ0) is 24.1. The van der Waals surface area contributed by atoms with Crippen molar-refractivity contribution in [3.63, 3.8) is 0 Å². The Morgan fingerprint density at radius 3 is 2.15 bits per heavy atom. The topological polar surface area (TPSA) is 101 Å². The minimum atomic E-state index is -1.22. The normalized spacial score (nSPS) is 13.3. The molecule has 2 aromatic carbocycles. The number of nitrogens with two attached hydrogens (primary N) is 1. The lowest BCUT2D eigenvalue weighted by Crippen LogP contribution is -2.39. The predicted octanol–water partition coefficient (Wildman–Crippen LogP) is 6.51. The molecule has 0 aliphatic carbocycles. The van der Waals surface area contributed by atoms with E-state index in [2.05, 4.69) is 20.9 Å². The number of urea groups is 1. The molecule has 0 bridgehead atoms. The summed E-state index contributed by atoms with van der Waals surface area (Å²) in [5.74, 6) is -0.899. The van der Waals surface area contributed by atoms with Crippen molar-refractivity contribution in [2.45, 2.75) is 19.3 Å². The monoisotopic (exact) mass is 572 g/mol.